The fourth-order valence-electron chi connectivity index (χ4n) is 3.83. The van der Waals surface area contributed by atoms with Crippen molar-refractivity contribution in [2.24, 2.45) is 0 Å². The standard InChI is InChI=1S/C25H18Cl2FN5O2/c26-18-4-2-1-3-16(18)14-7-17-23(32-33-24(17)30-10-14)15-9-21(29-11-15)25(35)31-22(12-34)13-5-6-20(28)19(27)8-13/h1-11,22,29,34H,12H2,(H,31,35)(H,30,32,33). The van der Waals surface area contributed by atoms with E-state index in [1.54, 1.807) is 18.5 Å². The Balaban J connectivity index is 1.42. The van der Waals surface area contributed by atoms with E-state index in [4.69, 9.17) is 23.2 Å². The average molecular weight is 510 g/mol. The number of hydrogen-bond acceptors (Lipinski definition) is 4. The largest absolute Gasteiger partial charge is 0.394 e. The molecule has 3 aromatic heterocycles. The molecule has 0 bridgehead atoms. The third kappa shape index (κ3) is 4.51. The minimum absolute atomic E-state index is 0.0902. The van der Waals surface area contributed by atoms with Crippen LogP contribution in [0.1, 0.15) is 22.1 Å². The van der Waals surface area contributed by atoms with Crippen LogP contribution in [0.5, 0.6) is 0 Å². The highest BCUT2D eigenvalue weighted by Crippen LogP contribution is 2.32. The Hall–Kier alpha value is -3.72. The summed E-state index contributed by atoms with van der Waals surface area (Å²) in [6.45, 7) is -0.387. The summed E-state index contributed by atoms with van der Waals surface area (Å²) in [5, 5.41) is 21.0. The first-order valence-corrected chi connectivity index (χ1v) is 11.3. The molecule has 3 heterocycles. The van der Waals surface area contributed by atoms with Gasteiger partial charge in [-0.2, -0.15) is 5.10 Å². The van der Waals surface area contributed by atoms with E-state index in [2.05, 4.69) is 25.5 Å². The zero-order chi connectivity index (χ0) is 24.5. The molecule has 0 fully saturated rings. The number of H-pyrrole nitrogens is 2. The fourth-order valence-corrected chi connectivity index (χ4v) is 4.26. The zero-order valence-electron chi connectivity index (χ0n) is 18.0. The number of nitrogens with zero attached hydrogens (tertiary/aromatic N) is 2. The van der Waals surface area contributed by atoms with Gasteiger partial charge in [-0.25, -0.2) is 9.37 Å². The number of aliphatic hydroxyl groups is 1. The molecule has 1 amide bonds. The van der Waals surface area contributed by atoms with Gasteiger partial charge < -0.3 is 15.4 Å². The number of hydrogen-bond donors (Lipinski definition) is 4. The molecule has 7 nitrogen and oxygen atoms in total. The van der Waals surface area contributed by atoms with Crippen molar-refractivity contribution in [2.75, 3.05) is 6.61 Å². The predicted molar refractivity (Wildman–Crippen MR) is 133 cm³/mol. The number of nitrogens with one attached hydrogen (secondary N) is 3. The van der Waals surface area contributed by atoms with Crippen molar-refractivity contribution >= 4 is 40.1 Å². The summed E-state index contributed by atoms with van der Waals surface area (Å²) in [7, 11) is 0. The molecule has 0 aliphatic heterocycles. The van der Waals surface area contributed by atoms with Crippen LogP contribution in [0, 0.1) is 5.82 Å². The second-order valence-corrected chi connectivity index (χ2v) is 8.67. The lowest BCUT2D eigenvalue weighted by Crippen LogP contribution is -2.31. The van der Waals surface area contributed by atoms with Gasteiger partial charge in [-0.15, -0.1) is 0 Å². The monoisotopic (exact) mass is 509 g/mol. The minimum Gasteiger partial charge on any atom is -0.394 e. The Bertz CT molecular complexity index is 1550. The van der Waals surface area contributed by atoms with Crippen LogP contribution in [-0.2, 0) is 0 Å². The van der Waals surface area contributed by atoms with Crippen molar-refractivity contribution < 1.29 is 14.3 Å². The average Bonchev–Trinajstić information content (AvgIpc) is 3.51. The molecule has 1 unspecified atom stereocenters. The molecule has 5 aromatic rings. The Kier molecular flexibility index (Phi) is 6.25. The van der Waals surface area contributed by atoms with Crippen molar-refractivity contribution in [3.05, 3.63) is 94.1 Å². The molecule has 0 aliphatic carbocycles. The molecular formula is C25H18Cl2FN5O2. The van der Waals surface area contributed by atoms with E-state index >= 15 is 0 Å². The number of fused-ring (bicyclic) bond motifs is 1. The quantitative estimate of drug-likeness (QED) is 0.241. The number of carbonyl (C=O) groups excluding carboxylic acids is 1. The number of aromatic nitrogens is 4. The highest BCUT2D eigenvalue weighted by atomic mass is 35.5. The molecule has 0 aliphatic rings. The van der Waals surface area contributed by atoms with Gasteiger partial charge in [0.15, 0.2) is 5.65 Å². The van der Waals surface area contributed by atoms with E-state index < -0.39 is 17.8 Å². The first-order valence-electron chi connectivity index (χ1n) is 10.6. The SMILES string of the molecule is O=C(NC(CO)c1ccc(F)c(Cl)c1)c1cc(-c2n[nH]c3ncc(-c4ccccc4Cl)cc23)c[nH]1. The van der Waals surface area contributed by atoms with Gasteiger partial charge in [0, 0.05) is 39.5 Å². The molecule has 10 heteroatoms. The van der Waals surface area contributed by atoms with Gasteiger partial charge in [-0.3, -0.25) is 9.89 Å². The van der Waals surface area contributed by atoms with Crippen LogP contribution in [0.15, 0.2) is 67.0 Å². The summed E-state index contributed by atoms with van der Waals surface area (Å²) in [6.07, 6.45) is 3.38. The molecule has 35 heavy (non-hydrogen) atoms. The lowest BCUT2D eigenvalue weighted by molar-refractivity contribution is 0.0911. The Morgan fingerprint density at radius 3 is 2.69 bits per heavy atom. The molecule has 176 valence electrons. The molecule has 5 rings (SSSR count). The predicted octanol–water partition coefficient (Wildman–Crippen LogP) is 5.53. The maximum Gasteiger partial charge on any atom is 0.268 e. The number of rotatable bonds is 6. The summed E-state index contributed by atoms with van der Waals surface area (Å²) in [5.41, 5.74) is 4.31. The topological polar surface area (TPSA) is 107 Å². The Labute approximate surface area is 208 Å². The van der Waals surface area contributed by atoms with Gasteiger partial charge in [-0.1, -0.05) is 47.5 Å². The van der Waals surface area contributed by atoms with Crippen LogP contribution in [0.25, 0.3) is 33.4 Å². The number of amides is 1. The number of aliphatic hydroxyl groups excluding tert-OH is 1. The first kappa shape index (κ1) is 23.0. The minimum atomic E-state index is -0.763. The van der Waals surface area contributed by atoms with Crippen LogP contribution in [-0.4, -0.2) is 37.8 Å². The molecule has 0 radical (unpaired) electrons. The van der Waals surface area contributed by atoms with E-state index in [0.717, 1.165) is 16.5 Å². The van der Waals surface area contributed by atoms with Crippen molar-refractivity contribution in [1.29, 1.82) is 0 Å². The lowest BCUT2D eigenvalue weighted by atomic mass is 10.0. The molecule has 4 N–H and O–H groups in total. The second kappa shape index (κ2) is 9.50. The van der Waals surface area contributed by atoms with Crippen molar-refractivity contribution in [1.82, 2.24) is 25.5 Å². The van der Waals surface area contributed by atoms with Crippen LogP contribution in [0.3, 0.4) is 0 Å². The van der Waals surface area contributed by atoms with E-state index in [0.29, 0.717) is 27.5 Å². The number of benzene rings is 2. The van der Waals surface area contributed by atoms with E-state index in [9.17, 15) is 14.3 Å². The molecule has 0 saturated heterocycles. The molecule has 2 aromatic carbocycles. The molecule has 1 atom stereocenters. The summed E-state index contributed by atoms with van der Waals surface area (Å²) >= 11 is 12.2. The number of halogens is 3. The van der Waals surface area contributed by atoms with Crippen LogP contribution < -0.4 is 5.32 Å². The summed E-state index contributed by atoms with van der Waals surface area (Å²) in [4.78, 5) is 20.2. The second-order valence-electron chi connectivity index (χ2n) is 7.86. The highest BCUT2D eigenvalue weighted by molar-refractivity contribution is 6.33. The molecule has 0 saturated carbocycles. The van der Waals surface area contributed by atoms with E-state index in [-0.39, 0.29) is 17.3 Å². The van der Waals surface area contributed by atoms with Crippen molar-refractivity contribution in [2.45, 2.75) is 6.04 Å². The Morgan fingerprint density at radius 1 is 1.09 bits per heavy atom. The first-order chi connectivity index (χ1) is 16.9. The van der Waals surface area contributed by atoms with Gasteiger partial charge in [-0.05, 0) is 35.9 Å². The Morgan fingerprint density at radius 2 is 1.91 bits per heavy atom. The normalized spacial score (nSPS) is 12.1. The summed E-state index contributed by atoms with van der Waals surface area (Å²) in [6, 6.07) is 14.3. The number of pyridine rings is 1. The van der Waals surface area contributed by atoms with E-state index in [1.165, 1.54) is 18.2 Å². The van der Waals surface area contributed by atoms with Gasteiger partial charge in [0.1, 0.15) is 17.2 Å². The highest BCUT2D eigenvalue weighted by Gasteiger charge is 2.19. The smallest absolute Gasteiger partial charge is 0.268 e. The van der Waals surface area contributed by atoms with E-state index in [1.807, 2.05) is 30.3 Å². The lowest BCUT2D eigenvalue weighted by Gasteiger charge is -2.16. The maximum atomic E-state index is 13.5. The molecule has 0 spiro atoms. The van der Waals surface area contributed by atoms with Crippen LogP contribution in [0.4, 0.5) is 4.39 Å². The third-order valence-corrected chi connectivity index (χ3v) is 6.26. The summed E-state index contributed by atoms with van der Waals surface area (Å²) in [5.74, 6) is -1.03. The fraction of sp³-hybridized carbons (Fsp3) is 0.0800. The van der Waals surface area contributed by atoms with Gasteiger partial charge in [0.2, 0.25) is 0 Å². The van der Waals surface area contributed by atoms with Crippen molar-refractivity contribution in [3.63, 3.8) is 0 Å². The number of aromatic amines is 2. The third-order valence-electron chi connectivity index (χ3n) is 5.64. The van der Waals surface area contributed by atoms with Crippen LogP contribution in [0.2, 0.25) is 10.0 Å². The van der Waals surface area contributed by atoms with Gasteiger partial charge in [0.05, 0.1) is 17.7 Å². The van der Waals surface area contributed by atoms with Crippen LogP contribution >= 0.6 is 23.2 Å². The van der Waals surface area contributed by atoms with Crippen molar-refractivity contribution in [3.8, 4) is 22.4 Å². The summed E-state index contributed by atoms with van der Waals surface area (Å²) < 4.78 is 13.5. The zero-order valence-corrected chi connectivity index (χ0v) is 19.5. The number of carbonyl (C=O) groups is 1. The molecular weight excluding hydrogens is 492 g/mol. The van der Waals surface area contributed by atoms with Gasteiger partial charge >= 0.3 is 0 Å². The maximum absolute atomic E-state index is 13.5. The van der Waals surface area contributed by atoms with Gasteiger partial charge in [0.25, 0.3) is 5.91 Å².